The number of alkyl halides is 2. The van der Waals surface area contributed by atoms with Gasteiger partial charge in [0.25, 0.3) is 0 Å². The largest absolute Gasteiger partial charge is 0.488 e. The van der Waals surface area contributed by atoms with Gasteiger partial charge in [0.2, 0.25) is 5.79 Å². The Morgan fingerprint density at radius 1 is 1.32 bits per heavy atom. The van der Waals surface area contributed by atoms with Crippen LogP contribution in [-0.4, -0.2) is 64.6 Å². The van der Waals surface area contributed by atoms with E-state index in [1.807, 2.05) is 0 Å². The summed E-state index contributed by atoms with van der Waals surface area (Å²) in [5.41, 5.74) is 2.10. The van der Waals surface area contributed by atoms with E-state index in [0.29, 0.717) is 4.57 Å². The zero-order valence-corrected chi connectivity index (χ0v) is 18.7. The molecule has 1 fully saturated rings. The fourth-order valence-corrected chi connectivity index (χ4v) is 6.87. The van der Waals surface area contributed by atoms with Gasteiger partial charge >= 0.3 is 28.9 Å². The summed E-state index contributed by atoms with van der Waals surface area (Å²) in [4.78, 5) is 51.3. The lowest BCUT2D eigenvalue weighted by Gasteiger charge is -2.33. The van der Waals surface area contributed by atoms with Gasteiger partial charge in [-0.3, -0.25) is 9.13 Å². The molecule has 7 N–H and O–H groups in total. The fraction of sp³-hybridized carbons (Fsp3) is 0.636. The van der Waals surface area contributed by atoms with Crippen LogP contribution in [0.3, 0.4) is 0 Å². The van der Waals surface area contributed by atoms with E-state index >= 15 is 4.39 Å². The van der Waals surface area contributed by atoms with Gasteiger partial charge in [-0.25, -0.2) is 22.6 Å². The predicted molar refractivity (Wildman–Crippen MR) is 101 cm³/mol. The molecule has 5 atom stereocenters. The van der Waals surface area contributed by atoms with Crippen molar-refractivity contribution in [3.63, 3.8) is 0 Å². The van der Waals surface area contributed by atoms with E-state index in [4.69, 9.17) is 31.9 Å². The number of aromatic nitrogens is 2. The number of rotatable bonds is 9. The highest BCUT2D eigenvalue weighted by atomic mass is 35.5. The van der Waals surface area contributed by atoms with E-state index in [2.05, 4.69) is 13.6 Å². The molecule has 15 nitrogen and oxygen atoms in total. The Balaban J connectivity index is 2.22. The van der Waals surface area contributed by atoms with Crippen LogP contribution in [0.25, 0.3) is 0 Å². The Labute approximate surface area is 177 Å². The average molecular weight is 532 g/mol. The van der Waals surface area contributed by atoms with Gasteiger partial charge in [0.1, 0.15) is 24.1 Å². The molecule has 0 aromatic carbocycles. The number of phosphoric acid groups is 2. The molecule has 0 saturated carbocycles. The highest BCUT2D eigenvalue weighted by Crippen LogP contribution is 2.66. The van der Waals surface area contributed by atoms with Crippen LogP contribution in [0.2, 0.25) is 0 Å². The van der Waals surface area contributed by atoms with Crippen LogP contribution in [0, 0.1) is 0 Å². The van der Waals surface area contributed by atoms with Gasteiger partial charge in [-0.1, -0.05) is 0 Å². The molecular weight excluding hydrogens is 514 g/mol. The Kier molecular flexibility index (Phi) is 7.61. The number of aliphatic hydroxyl groups is 1. The third-order valence-corrected chi connectivity index (χ3v) is 8.95. The average Bonchev–Trinajstić information content (AvgIpc) is 2.83. The van der Waals surface area contributed by atoms with E-state index in [9.17, 15) is 33.4 Å². The van der Waals surface area contributed by atoms with Crippen molar-refractivity contribution in [3.8, 4) is 0 Å². The Bertz CT molecular complexity index is 1040. The maximum Gasteiger partial charge on any atom is 0.488 e. The number of nitrogen functional groups attached to an aromatic ring is 1. The first-order valence-electron chi connectivity index (χ1n) is 8.01. The molecule has 0 spiro atoms. The zero-order valence-electron chi connectivity index (χ0n) is 15.2. The second-order valence-corrected chi connectivity index (χ2v) is 11.7. The van der Waals surface area contributed by atoms with Gasteiger partial charge in [-0.2, -0.15) is 9.29 Å². The zero-order chi connectivity index (χ0) is 23.9. The van der Waals surface area contributed by atoms with Crippen LogP contribution in [0.15, 0.2) is 17.1 Å². The number of anilines is 1. The predicted octanol–water partition coefficient (Wildman–Crippen LogP) is -0.382. The lowest BCUT2D eigenvalue weighted by Crippen LogP contribution is -2.53. The number of nitrogens with zero attached hydrogens (tertiary/aromatic N) is 2. The minimum atomic E-state index is -5.68. The minimum absolute atomic E-state index is 0.216. The molecule has 1 aliphatic rings. The molecule has 0 amide bonds. The first-order valence-corrected chi connectivity index (χ1v) is 13.3. The second kappa shape index (κ2) is 8.90. The summed E-state index contributed by atoms with van der Waals surface area (Å²) >= 11 is 5.77. The van der Waals surface area contributed by atoms with Gasteiger partial charge < -0.3 is 35.2 Å². The van der Waals surface area contributed by atoms with Crippen molar-refractivity contribution in [2.75, 3.05) is 24.4 Å². The van der Waals surface area contributed by atoms with Gasteiger partial charge in [0.15, 0.2) is 0 Å². The summed E-state index contributed by atoms with van der Waals surface area (Å²) in [6.45, 7) is -0.928. The number of hydrogen-bond donors (Lipinski definition) is 6. The molecule has 2 rings (SSSR count). The highest BCUT2D eigenvalue weighted by molar-refractivity contribution is 7.68. The summed E-state index contributed by atoms with van der Waals surface area (Å²) in [5.74, 6) is -3.78. The van der Waals surface area contributed by atoms with Crippen LogP contribution in [-0.2, 0) is 32.8 Å². The van der Waals surface area contributed by atoms with E-state index in [1.54, 1.807) is 0 Å². The SMILES string of the molecule is Nc1ccn([C@@]2(F)CO[C@](CCl)(CCP(=O)(O)OP(=O)(O)OP(=O)(O)O)[C@H]2O)c(=O)n1. The number of halogens is 2. The molecule has 31 heavy (non-hydrogen) atoms. The third-order valence-electron chi connectivity index (χ3n) is 4.19. The van der Waals surface area contributed by atoms with Crippen molar-refractivity contribution < 1.29 is 56.1 Å². The quantitative estimate of drug-likeness (QED) is 0.176. The normalized spacial score (nSPS) is 30.6. The van der Waals surface area contributed by atoms with Crippen LogP contribution >= 0.6 is 34.8 Å². The maximum atomic E-state index is 15.5. The molecule has 1 aliphatic heterocycles. The number of nitrogens with two attached hydrogens (primary N) is 1. The molecule has 178 valence electrons. The van der Waals surface area contributed by atoms with Crippen molar-refractivity contribution in [1.29, 1.82) is 0 Å². The molecule has 1 aromatic heterocycles. The van der Waals surface area contributed by atoms with Crippen molar-refractivity contribution in [2.45, 2.75) is 23.9 Å². The minimum Gasteiger partial charge on any atom is -0.385 e. The van der Waals surface area contributed by atoms with E-state index in [0.717, 1.165) is 12.3 Å². The third kappa shape index (κ3) is 6.20. The van der Waals surface area contributed by atoms with E-state index < -0.39 is 71.5 Å². The van der Waals surface area contributed by atoms with Crippen LogP contribution in [0.5, 0.6) is 0 Å². The summed E-state index contributed by atoms with van der Waals surface area (Å²) in [6.07, 6.45) is -3.11. The molecule has 2 unspecified atom stereocenters. The summed E-state index contributed by atoms with van der Waals surface area (Å²) < 4.78 is 62.6. The lowest BCUT2D eigenvalue weighted by molar-refractivity contribution is -0.0744. The van der Waals surface area contributed by atoms with Crippen molar-refractivity contribution >= 4 is 40.7 Å². The van der Waals surface area contributed by atoms with Crippen molar-refractivity contribution in [3.05, 3.63) is 22.7 Å². The van der Waals surface area contributed by atoms with Gasteiger partial charge in [-0.15, -0.1) is 11.6 Å². The Morgan fingerprint density at radius 2 is 1.94 bits per heavy atom. The molecule has 0 aliphatic carbocycles. The molecule has 0 radical (unpaired) electrons. The van der Waals surface area contributed by atoms with Gasteiger partial charge in [-0.05, 0) is 12.5 Å². The van der Waals surface area contributed by atoms with Crippen LogP contribution < -0.4 is 11.4 Å². The lowest BCUT2D eigenvalue weighted by atomic mass is 9.92. The van der Waals surface area contributed by atoms with Crippen molar-refractivity contribution in [2.24, 2.45) is 0 Å². The molecule has 20 heteroatoms. The van der Waals surface area contributed by atoms with Crippen LogP contribution in [0.1, 0.15) is 6.42 Å². The number of aliphatic hydroxyl groups excluding tert-OH is 1. The number of ether oxygens (including phenoxy) is 1. The van der Waals surface area contributed by atoms with Gasteiger partial charge in [0.05, 0.1) is 12.0 Å². The van der Waals surface area contributed by atoms with Crippen molar-refractivity contribution in [1.82, 2.24) is 9.55 Å². The first kappa shape index (κ1) is 26.5. The summed E-state index contributed by atoms with van der Waals surface area (Å²) in [5, 5.41) is 10.5. The monoisotopic (exact) mass is 531 g/mol. The standard InChI is InChI=1S/C11H18ClFN3O12P3/c12-5-10(2-4-29(19,20)27-31(24,25)28-30(21,22)23)8(17)11(13,6-26-10)16-3-1-7(14)15-9(16)18/h1,3,8,17H,2,4-6H2,(H,19,20)(H,24,25)(H2,14,15,18)(H2,21,22,23)/t8-,10+,11+/m1/s1. The summed E-state index contributed by atoms with van der Waals surface area (Å²) in [7, 11) is -16.3. The molecular formula is C11H18ClFN3O12P3. The number of hydrogen-bond acceptors (Lipinski definition) is 10. The second-order valence-electron chi connectivity index (χ2n) is 6.45. The Hall–Kier alpha value is -0.730. The Morgan fingerprint density at radius 3 is 2.45 bits per heavy atom. The topological polar surface area (TPSA) is 241 Å². The van der Waals surface area contributed by atoms with E-state index in [-0.39, 0.29) is 5.82 Å². The molecule has 1 saturated heterocycles. The smallest absolute Gasteiger partial charge is 0.385 e. The van der Waals surface area contributed by atoms with Crippen LogP contribution in [0.4, 0.5) is 10.2 Å². The highest BCUT2D eigenvalue weighted by Gasteiger charge is 2.60. The summed E-state index contributed by atoms with van der Waals surface area (Å²) in [6, 6.07) is 1.08. The first-order chi connectivity index (χ1) is 14.0. The van der Waals surface area contributed by atoms with E-state index in [1.165, 1.54) is 0 Å². The molecule has 0 bridgehead atoms. The van der Waals surface area contributed by atoms with Gasteiger partial charge in [0, 0.05) is 6.20 Å². The molecule has 2 heterocycles. The maximum absolute atomic E-state index is 15.5. The molecule has 1 aromatic rings. The fourth-order valence-electron chi connectivity index (χ4n) is 2.78.